The van der Waals surface area contributed by atoms with Crippen molar-refractivity contribution in [2.45, 2.75) is 43.7 Å². The summed E-state index contributed by atoms with van der Waals surface area (Å²) < 4.78 is 0. The number of rotatable bonds is 2. The molecule has 1 aromatic rings. The normalized spacial score (nSPS) is 30.8. The highest BCUT2D eigenvalue weighted by atomic mass is 16.2. The minimum absolute atomic E-state index is 0.0272. The third-order valence-corrected chi connectivity index (χ3v) is 5.74. The Bertz CT molecular complexity index is 604. The van der Waals surface area contributed by atoms with Gasteiger partial charge >= 0.3 is 6.03 Å². The zero-order valence-corrected chi connectivity index (χ0v) is 14.1. The van der Waals surface area contributed by atoms with Crippen LogP contribution in [0.3, 0.4) is 0 Å². The van der Waals surface area contributed by atoms with E-state index in [1.54, 1.807) is 0 Å². The number of carbonyl (C=O) groups excluding carboxylic acids is 2. The number of imide groups is 1. The summed E-state index contributed by atoms with van der Waals surface area (Å²) in [6, 6.07) is 10.3. The Balaban J connectivity index is 1.89. The lowest BCUT2D eigenvalue weighted by Gasteiger charge is -2.50. The molecular formula is C18H25N3O2. The van der Waals surface area contributed by atoms with E-state index in [4.69, 9.17) is 0 Å². The van der Waals surface area contributed by atoms with Gasteiger partial charge in [0.15, 0.2) is 0 Å². The van der Waals surface area contributed by atoms with E-state index in [-0.39, 0.29) is 23.0 Å². The lowest BCUT2D eigenvalue weighted by atomic mass is 9.68. The first-order valence-electron chi connectivity index (χ1n) is 8.23. The maximum Gasteiger partial charge on any atom is 0.324 e. The van der Waals surface area contributed by atoms with E-state index in [0.29, 0.717) is 6.54 Å². The van der Waals surface area contributed by atoms with E-state index in [1.165, 1.54) is 17.4 Å². The molecule has 0 aromatic heterocycles. The average molecular weight is 315 g/mol. The molecule has 0 bridgehead atoms. The Hall–Kier alpha value is -1.88. The molecule has 2 aliphatic rings. The first-order chi connectivity index (χ1) is 10.9. The molecular weight excluding hydrogens is 290 g/mol. The smallest absolute Gasteiger partial charge is 0.324 e. The summed E-state index contributed by atoms with van der Waals surface area (Å²) in [5.41, 5.74) is 0.934. The molecule has 0 radical (unpaired) electrons. The monoisotopic (exact) mass is 315 g/mol. The third kappa shape index (κ3) is 2.43. The predicted octanol–water partition coefficient (Wildman–Crippen LogP) is 2.33. The zero-order valence-electron chi connectivity index (χ0n) is 14.1. The molecule has 5 nitrogen and oxygen atoms in total. The predicted molar refractivity (Wildman–Crippen MR) is 88.9 cm³/mol. The van der Waals surface area contributed by atoms with Crippen LogP contribution in [-0.4, -0.2) is 47.9 Å². The number of benzene rings is 1. The Labute approximate surface area is 137 Å². The van der Waals surface area contributed by atoms with Crippen molar-refractivity contribution in [1.82, 2.24) is 15.1 Å². The van der Waals surface area contributed by atoms with Gasteiger partial charge in [0, 0.05) is 19.0 Å². The van der Waals surface area contributed by atoms with Crippen LogP contribution in [0.5, 0.6) is 0 Å². The van der Waals surface area contributed by atoms with Crippen LogP contribution in [0.4, 0.5) is 4.79 Å². The average Bonchev–Trinajstić information content (AvgIpc) is 2.85. The fraction of sp³-hybridized carbons (Fsp3) is 0.556. The van der Waals surface area contributed by atoms with Crippen LogP contribution in [0.2, 0.25) is 0 Å². The minimum Gasteiger partial charge on any atom is -0.335 e. The van der Waals surface area contributed by atoms with Crippen molar-refractivity contribution < 1.29 is 9.59 Å². The van der Waals surface area contributed by atoms with Gasteiger partial charge in [0.2, 0.25) is 5.91 Å². The molecule has 1 saturated carbocycles. The van der Waals surface area contributed by atoms with Gasteiger partial charge in [-0.2, -0.15) is 0 Å². The van der Waals surface area contributed by atoms with Crippen molar-refractivity contribution in [3.63, 3.8) is 0 Å². The maximum atomic E-state index is 12.0. The van der Waals surface area contributed by atoms with Crippen LogP contribution >= 0.6 is 0 Å². The van der Waals surface area contributed by atoms with Crippen LogP contribution in [-0.2, 0) is 10.3 Å². The van der Waals surface area contributed by atoms with Gasteiger partial charge in [-0.05, 0) is 45.3 Å². The fourth-order valence-electron chi connectivity index (χ4n) is 4.36. The molecule has 1 aliphatic heterocycles. The fourth-order valence-corrected chi connectivity index (χ4v) is 4.36. The van der Waals surface area contributed by atoms with Crippen LogP contribution in [0.15, 0.2) is 30.3 Å². The maximum absolute atomic E-state index is 12.0. The summed E-state index contributed by atoms with van der Waals surface area (Å²) >= 11 is 0. The van der Waals surface area contributed by atoms with Gasteiger partial charge < -0.3 is 5.32 Å². The molecule has 1 spiro atoms. The molecule has 124 valence electrons. The summed E-state index contributed by atoms with van der Waals surface area (Å²) in [6.45, 7) is 2.06. The summed E-state index contributed by atoms with van der Waals surface area (Å²) in [5.74, 6) is -0.155. The standard InChI is InChI=1S/C18H25N3O2/c1-14(22)21-16(23)19-13-17(21)9-11-18(12-10-17,20(2)3)15-7-5-4-6-8-15/h4-8H,9-13H2,1-3H3,(H,19,23). The minimum atomic E-state index is -0.350. The van der Waals surface area contributed by atoms with E-state index in [1.807, 2.05) is 6.07 Å². The Morgan fingerprint density at radius 1 is 1.13 bits per heavy atom. The molecule has 0 atom stereocenters. The van der Waals surface area contributed by atoms with Crippen molar-refractivity contribution in [3.05, 3.63) is 35.9 Å². The van der Waals surface area contributed by atoms with Gasteiger partial charge in [-0.25, -0.2) is 4.79 Å². The summed E-state index contributed by atoms with van der Waals surface area (Å²) in [6.07, 6.45) is 3.53. The molecule has 0 unspecified atom stereocenters. The Morgan fingerprint density at radius 2 is 1.74 bits per heavy atom. The number of urea groups is 1. The molecule has 1 N–H and O–H groups in total. The first kappa shape index (κ1) is 16.0. The van der Waals surface area contributed by atoms with Crippen molar-refractivity contribution >= 4 is 11.9 Å². The number of nitrogens with zero attached hydrogens (tertiary/aromatic N) is 2. The number of carbonyl (C=O) groups is 2. The first-order valence-corrected chi connectivity index (χ1v) is 8.23. The SMILES string of the molecule is CC(=O)N1C(=O)NCC12CCC(c1ccccc1)(N(C)C)CC2. The Kier molecular flexibility index (Phi) is 3.92. The number of nitrogens with one attached hydrogen (secondary N) is 1. The second kappa shape index (κ2) is 5.64. The number of amides is 3. The molecule has 1 heterocycles. The van der Waals surface area contributed by atoms with E-state index in [9.17, 15) is 9.59 Å². The van der Waals surface area contributed by atoms with Gasteiger partial charge in [-0.15, -0.1) is 0 Å². The molecule has 3 amide bonds. The quantitative estimate of drug-likeness (QED) is 0.911. The topological polar surface area (TPSA) is 52.7 Å². The highest BCUT2D eigenvalue weighted by molar-refractivity contribution is 5.96. The van der Waals surface area contributed by atoms with Crippen LogP contribution in [0.25, 0.3) is 0 Å². The van der Waals surface area contributed by atoms with Gasteiger partial charge in [-0.3, -0.25) is 14.6 Å². The highest BCUT2D eigenvalue weighted by Gasteiger charge is 2.53. The van der Waals surface area contributed by atoms with Crippen molar-refractivity contribution in [2.75, 3.05) is 20.6 Å². The zero-order chi connectivity index (χ0) is 16.7. The van der Waals surface area contributed by atoms with Gasteiger partial charge in [0.1, 0.15) is 0 Å². The summed E-state index contributed by atoms with van der Waals surface area (Å²) in [7, 11) is 4.23. The van der Waals surface area contributed by atoms with E-state index in [2.05, 4.69) is 48.6 Å². The van der Waals surface area contributed by atoms with E-state index < -0.39 is 0 Å². The Morgan fingerprint density at radius 3 is 2.26 bits per heavy atom. The van der Waals surface area contributed by atoms with Gasteiger partial charge in [0.25, 0.3) is 0 Å². The van der Waals surface area contributed by atoms with Crippen LogP contribution in [0.1, 0.15) is 38.2 Å². The van der Waals surface area contributed by atoms with Crippen molar-refractivity contribution in [2.24, 2.45) is 0 Å². The molecule has 23 heavy (non-hydrogen) atoms. The lowest BCUT2D eigenvalue weighted by Crippen LogP contribution is -2.56. The molecule has 1 saturated heterocycles. The number of hydrogen-bond donors (Lipinski definition) is 1. The summed E-state index contributed by atoms with van der Waals surface area (Å²) in [5, 5.41) is 2.86. The molecule has 2 fully saturated rings. The van der Waals surface area contributed by atoms with Gasteiger partial charge in [0.05, 0.1) is 5.54 Å². The lowest BCUT2D eigenvalue weighted by molar-refractivity contribution is -0.131. The van der Waals surface area contributed by atoms with Crippen LogP contribution < -0.4 is 5.32 Å². The second-order valence-electron chi connectivity index (χ2n) is 7.03. The van der Waals surface area contributed by atoms with E-state index >= 15 is 0 Å². The van der Waals surface area contributed by atoms with Crippen LogP contribution in [0, 0.1) is 0 Å². The second-order valence-corrected chi connectivity index (χ2v) is 7.03. The number of hydrogen-bond acceptors (Lipinski definition) is 3. The van der Waals surface area contributed by atoms with Crippen molar-refractivity contribution in [1.29, 1.82) is 0 Å². The summed E-state index contributed by atoms with van der Waals surface area (Å²) in [4.78, 5) is 27.7. The largest absolute Gasteiger partial charge is 0.335 e. The molecule has 1 aromatic carbocycles. The molecule has 1 aliphatic carbocycles. The molecule has 3 rings (SSSR count). The van der Waals surface area contributed by atoms with E-state index in [0.717, 1.165) is 25.7 Å². The highest BCUT2D eigenvalue weighted by Crippen LogP contribution is 2.47. The van der Waals surface area contributed by atoms with Crippen molar-refractivity contribution in [3.8, 4) is 0 Å². The third-order valence-electron chi connectivity index (χ3n) is 5.74. The molecule has 5 heteroatoms. The van der Waals surface area contributed by atoms with Gasteiger partial charge in [-0.1, -0.05) is 30.3 Å².